The quantitative estimate of drug-likeness (QED) is 0.813. The van der Waals surface area contributed by atoms with Gasteiger partial charge in [-0.05, 0) is 38.1 Å². The van der Waals surface area contributed by atoms with E-state index in [1.165, 1.54) is 19.3 Å². The van der Waals surface area contributed by atoms with Gasteiger partial charge in [0.25, 0.3) is 0 Å². The Morgan fingerprint density at radius 3 is 2.47 bits per heavy atom. The van der Waals surface area contributed by atoms with E-state index in [1.54, 1.807) is 0 Å². The molecule has 3 atom stereocenters. The van der Waals surface area contributed by atoms with Crippen LogP contribution in [0.5, 0.6) is 0 Å². The van der Waals surface area contributed by atoms with E-state index in [-0.39, 0.29) is 0 Å². The van der Waals surface area contributed by atoms with Crippen LogP contribution in [0.25, 0.3) is 0 Å². The van der Waals surface area contributed by atoms with E-state index in [0.29, 0.717) is 6.04 Å². The largest absolute Gasteiger partial charge is 0.379 e. The first-order valence-corrected chi connectivity index (χ1v) is 7.21. The fraction of sp³-hybridized carbons (Fsp3) is 1.00. The second kappa shape index (κ2) is 6.17. The van der Waals surface area contributed by atoms with Gasteiger partial charge in [0.1, 0.15) is 0 Å². The zero-order valence-electron chi connectivity index (χ0n) is 11.6. The molecule has 2 rings (SSSR count). The smallest absolute Gasteiger partial charge is 0.0594 e. The van der Waals surface area contributed by atoms with E-state index in [4.69, 9.17) is 4.74 Å². The lowest BCUT2D eigenvalue weighted by Crippen LogP contribution is -2.55. The standard InChI is InChI=1S/C14H28N2O/c1-11(2)12-4-5-13(15-3)14(10-12)16-6-8-17-9-7-16/h11-15H,4-10H2,1-3H3. The normalized spacial score (nSPS) is 36.4. The molecule has 2 fully saturated rings. The second-order valence-electron chi connectivity index (χ2n) is 5.93. The van der Waals surface area contributed by atoms with Crippen LogP contribution in [0.4, 0.5) is 0 Å². The van der Waals surface area contributed by atoms with Crippen LogP contribution in [0.1, 0.15) is 33.1 Å². The number of ether oxygens (including phenoxy) is 1. The molecule has 2 aliphatic rings. The Bertz CT molecular complexity index is 226. The average molecular weight is 240 g/mol. The molecular weight excluding hydrogens is 212 g/mol. The first-order chi connectivity index (χ1) is 8.22. The summed E-state index contributed by atoms with van der Waals surface area (Å²) in [5.41, 5.74) is 0. The van der Waals surface area contributed by atoms with Crippen molar-refractivity contribution in [2.75, 3.05) is 33.4 Å². The van der Waals surface area contributed by atoms with E-state index in [2.05, 4.69) is 31.1 Å². The zero-order chi connectivity index (χ0) is 12.3. The Hall–Kier alpha value is -0.120. The first kappa shape index (κ1) is 13.3. The van der Waals surface area contributed by atoms with Gasteiger partial charge in [-0.1, -0.05) is 13.8 Å². The summed E-state index contributed by atoms with van der Waals surface area (Å²) in [6.07, 6.45) is 4.09. The maximum Gasteiger partial charge on any atom is 0.0594 e. The van der Waals surface area contributed by atoms with Gasteiger partial charge >= 0.3 is 0 Å². The fourth-order valence-corrected chi connectivity index (χ4v) is 3.43. The summed E-state index contributed by atoms with van der Waals surface area (Å²) in [4.78, 5) is 2.65. The average Bonchev–Trinajstić information content (AvgIpc) is 2.39. The molecule has 0 spiro atoms. The summed E-state index contributed by atoms with van der Waals surface area (Å²) in [7, 11) is 2.12. The van der Waals surface area contributed by atoms with Gasteiger partial charge in [0.05, 0.1) is 13.2 Å². The summed E-state index contributed by atoms with van der Waals surface area (Å²) in [6, 6.07) is 1.41. The third kappa shape index (κ3) is 3.21. The number of morpholine rings is 1. The predicted octanol–water partition coefficient (Wildman–Crippen LogP) is 1.73. The van der Waals surface area contributed by atoms with Crippen molar-refractivity contribution < 1.29 is 4.74 Å². The Morgan fingerprint density at radius 2 is 1.88 bits per heavy atom. The van der Waals surface area contributed by atoms with Gasteiger partial charge in [-0.2, -0.15) is 0 Å². The van der Waals surface area contributed by atoms with Crippen molar-refractivity contribution >= 4 is 0 Å². The van der Waals surface area contributed by atoms with Crippen LogP contribution >= 0.6 is 0 Å². The van der Waals surface area contributed by atoms with Crippen LogP contribution in [-0.2, 0) is 4.74 Å². The van der Waals surface area contributed by atoms with E-state index in [0.717, 1.165) is 44.2 Å². The maximum absolute atomic E-state index is 5.47. The van der Waals surface area contributed by atoms with Crippen LogP contribution < -0.4 is 5.32 Å². The lowest BCUT2D eigenvalue weighted by atomic mass is 9.76. The molecule has 1 N–H and O–H groups in total. The van der Waals surface area contributed by atoms with Gasteiger partial charge in [-0.3, -0.25) is 4.90 Å². The molecule has 1 aliphatic heterocycles. The van der Waals surface area contributed by atoms with Crippen LogP contribution in [0.2, 0.25) is 0 Å². The molecule has 3 heteroatoms. The Morgan fingerprint density at radius 1 is 1.18 bits per heavy atom. The van der Waals surface area contributed by atoms with E-state index >= 15 is 0 Å². The summed E-state index contributed by atoms with van der Waals surface area (Å²) >= 11 is 0. The number of hydrogen-bond donors (Lipinski definition) is 1. The molecule has 3 unspecified atom stereocenters. The fourth-order valence-electron chi connectivity index (χ4n) is 3.43. The van der Waals surface area contributed by atoms with Gasteiger partial charge in [0, 0.05) is 25.2 Å². The summed E-state index contributed by atoms with van der Waals surface area (Å²) in [5, 5.41) is 3.53. The molecule has 0 aromatic rings. The topological polar surface area (TPSA) is 24.5 Å². The summed E-state index contributed by atoms with van der Waals surface area (Å²) in [6.45, 7) is 8.82. The third-order valence-electron chi connectivity index (χ3n) is 4.69. The van der Waals surface area contributed by atoms with Crippen LogP contribution in [-0.4, -0.2) is 50.3 Å². The van der Waals surface area contributed by atoms with Crippen molar-refractivity contribution in [2.45, 2.75) is 45.2 Å². The highest BCUT2D eigenvalue weighted by atomic mass is 16.5. The highest BCUT2D eigenvalue weighted by molar-refractivity contribution is 4.91. The van der Waals surface area contributed by atoms with Crippen molar-refractivity contribution in [3.8, 4) is 0 Å². The lowest BCUT2D eigenvalue weighted by Gasteiger charge is -2.45. The van der Waals surface area contributed by atoms with E-state index in [9.17, 15) is 0 Å². The van der Waals surface area contributed by atoms with Crippen molar-refractivity contribution in [1.82, 2.24) is 10.2 Å². The second-order valence-corrected chi connectivity index (χ2v) is 5.93. The molecule has 0 bridgehead atoms. The molecule has 1 heterocycles. The molecule has 0 radical (unpaired) electrons. The van der Waals surface area contributed by atoms with Crippen molar-refractivity contribution in [3.63, 3.8) is 0 Å². The molecule has 1 aliphatic carbocycles. The maximum atomic E-state index is 5.47. The van der Waals surface area contributed by atoms with Crippen LogP contribution in [0, 0.1) is 11.8 Å². The Kier molecular flexibility index (Phi) is 4.83. The zero-order valence-corrected chi connectivity index (χ0v) is 11.6. The molecule has 3 nitrogen and oxygen atoms in total. The third-order valence-corrected chi connectivity index (χ3v) is 4.69. The lowest BCUT2D eigenvalue weighted by molar-refractivity contribution is -0.00936. The van der Waals surface area contributed by atoms with Gasteiger partial charge in [0.15, 0.2) is 0 Å². The van der Waals surface area contributed by atoms with Crippen molar-refractivity contribution in [3.05, 3.63) is 0 Å². The summed E-state index contributed by atoms with van der Waals surface area (Å²) < 4.78 is 5.47. The van der Waals surface area contributed by atoms with Crippen LogP contribution in [0.15, 0.2) is 0 Å². The van der Waals surface area contributed by atoms with E-state index < -0.39 is 0 Å². The first-order valence-electron chi connectivity index (χ1n) is 7.21. The highest BCUT2D eigenvalue weighted by Gasteiger charge is 2.34. The Labute approximate surface area is 106 Å². The highest BCUT2D eigenvalue weighted by Crippen LogP contribution is 2.32. The number of nitrogens with zero attached hydrogens (tertiary/aromatic N) is 1. The minimum absolute atomic E-state index is 0.683. The number of rotatable bonds is 3. The van der Waals surface area contributed by atoms with Crippen molar-refractivity contribution in [1.29, 1.82) is 0 Å². The van der Waals surface area contributed by atoms with Gasteiger partial charge < -0.3 is 10.1 Å². The number of likely N-dealkylation sites (N-methyl/N-ethyl adjacent to an activating group) is 1. The molecule has 1 saturated carbocycles. The SMILES string of the molecule is CNC1CCC(C(C)C)CC1N1CCOCC1. The predicted molar refractivity (Wildman–Crippen MR) is 71.2 cm³/mol. The molecule has 0 aromatic heterocycles. The molecular formula is C14H28N2O. The van der Waals surface area contributed by atoms with Gasteiger partial charge in [0.2, 0.25) is 0 Å². The van der Waals surface area contributed by atoms with Crippen molar-refractivity contribution in [2.24, 2.45) is 11.8 Å². The molecule has 1 saturated heterocycles. The monoisotopic (exact) mass is 240 g/mol. The Balaban J connectivity index is 1.98. The van der Waals surface area contributed by atoms with Gasteiger partial charge in [-0.15, -0.1) is 0 Å². The van der Waals surface area contributed by atoms with Crippen LogP contribution in [0.3, 0.4) is 0 Å². The molecule has 0 amide bonds. The summed E-state index contributed by atoms with van der Waals surface area (Å²) in [5.74, 6) is 1.74. The van der Waals surface area contributed by atoms with E-state index in [1.807, 2.05) is 0 Å². The number of nitrogens with one attached hydrogen (secondary N) is 1. The van der Waals surface area contributed by atoms with Gasteiger partial charge in [-0.25, -0.2) is 0 Å². The minimum atomic E-state index is 0.683. The minimum Gasteiger partial charge on any atom is -0.379 e. The molecule has 0 aromatic carbocycles. The number of hydrogen-bond acceptors (Lipinski definition) is 3. The molecule has 17 heavy (non-hydrogen) atoms. The molecule has 100 valence electrons.